The molecule has 1 aromatic rings. The van der Waals surface area contributed by atoms with Crippen LogP contribution in [0.3, 0.4) is 0 Å². The lowest BCUT2D eigenvalue weighted by molar-refractivity contribution is 0.339. The van der Waals surface area contributed by atoms with E-state index in [0.29, 0.717) is 5.41 Å². The Kier molecular flexibility index (Phi) is 2.32. The highest BCUT2D eigenvalue weighted by atomic mass is 14.9. The van der Waals surface area contributed by atoms with Gasteiger partial charge in [-0.1, -0.05) is 6.92 Å². The molecule has 2 heteroatoms. The lowest BCUT2D eigenvalue weighted by Gasteiger charge is -2.34. The summed E-state index contributed by atoms with van der Waals surface area (Å²) in [6, 6.07) is 4.26. The van der Waals surface area contributed by atoms with E-state index < -0.39 is 0 Å². The van der Waals surface area contributed by atoms with Crippen LogP contribution in [0.25, 0.3) is 0 Å². The second-order valence-corrected chi connectivity index (χ2v) is 4.08. The van der Waals surface area contributed by atoms with Crippen molar-refractivity contribution in [3.05, 3.63) is 30.1 Å². The standard InChI is InChI=1S/C11H16N2/c1-11(5-2-6-13-9-11)10-3-7-12-8-4-10/h3-4,7-8,13H,2,5-6,9H2,1H3. The van der Waals surface area contributed by atoms with Crippen LogP contribution in [-0.2, 0) is 5.41 Å². The average Bonchev–Trinajstić information content (AvgIpc) is 2.20. The first kappa shape index (κ1) is 8.70. The number of hydrogen-bond acceptors (Lipinski definition) is 2. The van der Waals surface area contributed by atoms with Gasteiger partial charge in [0.1, 0.15) is 0 Å². The van der Waals surface area contributed by atoms with Gasteiger partial charge in [0.2, 0.25) is 0 Å². The smallest absolute Gasteiger partial charge is 0.0270 e. The number of rotatable bonds is 1. The van der Waals surface area contributed by atoms with Gasteiger partial charge in [0.15, 0.2) is 0 Å². The van der Waals surface area contributed by atoms with Gasteiger partial charge in [-0.25, -0.2) is 0 Å². The van der Waals surface area contributed by atoms with Crippen LogP contribution >= 0.6 is 0 Å². The molecule has 70 valence electrons. The Hall–Kier alpha value is -0.890. The molecule has 1 aliphatic rings. The number of nitrogens with zero attached hydrogens (tertiary/aromatic N) is 1. The van der Waals surface area contributed by atoms with Crippen LogP contribution in [0, 0.1) is 0 Å². The molecule has 0 amide bonds. The SMILES string of the molecule is CC1(c2ccncc2)CCCNC1. The summed E-state index contributed by atoms with van der Waals surface area (Å²) in [5.41, 5.74) is 1.73. The lowest BCUT2D eigenvalue weighted by Crippen LogP contribution is -2.41. The third-order valence-corrected chi connectivity index (χ3v) is 2.97. The summed E-state index contributed by atoms with van der Waals surface area (Å²) >= 11 is 0. The van der Waals surface area contributed by atoms with Gasteiger partial charge in [-0.3, -0.25) is 4.98 Å². The summed E-state index contributed by atoms with van der Waals surface area (Å²) < 4.78 is 0. The topological polar surface area (TPSA) is 24.9 Å². The van der Waals surface area contributed by atoms with E-state index in [4.69, 9.17) is 0 Å². The first-order valence-corrected chi connectivity index (χ1v) is 4.92. The Morgan fingerprint density at radius 3 is 2.77 bits per heavy atom. The Bertz CT molecular complexity index is 263. The molecule has 1 atom stereocenters. The minimum Gasteiger partial charge on any atom is -0.316 e. The van der Waals surface area contributed by atoms with Crippen molar-refractivity contribution < 1.29 is 0 Å². The van der Waals surface area contributed by atoms with Gasteiger partial charge in [-0.15, -0.1) is 0 Å². The summed E-state index contributed by atoms with van der Waals surface area (Å²) in [7, 11) is 0. The molecule has 1 N–H and O–H groups in total. The molecule has 0 aliphatic carbocycles. The Morgan fingerprint density at radius 1 is 1.38 bits per heavy atom. The van der Waals surface area contributed by atoms with Gasteiger partial charge < -0.3 is 5.32 Å². The molecule has 0 saturated carbocycles. The summed E-state index contributed by atoms with van der Waals surface area (Å²) in [6.45, 7) is 4.59. The minimum atomic E-state index is 0.321. The fourth-order valence-electron chi connectivity index (χ4n) is 2.06. The van der Waals surface area contributed by atoms with E-state index in [0.717, 1.165) is 6.54 Å². The van der Waals surface area contributed by atoms with E-state index in [1.54, 1.807) is 0 Å². The highest BCUT2D eigenvalue weighted by Crippen LogP contribution is 2.29. The summed E-state index contributed by atoms with van der Waals surface area (Å²) in [5, 5.41) is 3.45. The van der Waals surface area contributed by atoms with E-state index in [-0.39, 0.29) is 0 Å². The first-order chi connectivity index (χ1) is 6.31. The molecule has 1 saturated heterocycles. The predicted molar refractivity (Wildman–Crippen MR) is 53.7 cm³/mol. The summed E-state index contributed by atoms with van der Waals surface area (Å²) in [4.78, 5) is 4.05. The monoisotopic (exact) mass is 176 g/mol. The largest absolute Gasteiger partial charge is 0.316 e. The minimum absolute atomic E-state index is 0.321. The third kappa shape index (κ3) is 1.73. The molecule has 0 aromatic carbocycles. The third-order valence-electron chi connectivity index (χ3n) is 2.97. The van der Waals surface area contributed by atoms with Gasteiger partial charge in [-0.2, -0.15) is 0 Å². The maximum Gasteiger partial charge on any atom is 0.0270 e. The Morgan fingerprint density at radius 2 is 2.15 bits per heavy atom. The number of nitrogens with one attached hydrogen (secondary N) is 1. The second-order valence-electron chi connectivity index (χ2n) is 4.08. The van der Waals surface area contributed by atoms with Crippen molar-refractivity contribution in [2.45, 2.75) is 25.2 Å². The maximum absolute atomic E-state index is 4.05. The zero-order valence-corrected chi connectivity index (χ0v) is 8.09. The first-order valence-electron chi connectivity index (χ1n) is 4.92. The molecule has 0 radical (unpaired) electrons. The van der Waals surface area contributed by atoms with E-state index in [1.165, 1.54) is 24.9 Å². The molecule has 2 nitrogen and oxygen atoms in total. The second kappa shape index (κ2) is 3.46. The molecule has 0 bridgehead atoms. The number of aromatic nitrogens is 1. The van der Waals surface area contributed by atoms with Gasteiger partial charge in [-0.05, 0) is 37.1 Å². The van der Waals surface area contributed by atoms with Crippen molar-refractivity contribution in [3.63, 3.8) is 0 Å². The van der Waals surface area contributed by atoms with Gasteiger partial charge in [0.25, 0.3) is 0 Å². The zero-order valence-electron chi connectivity index (χ0n) is 8.09. The maximum atomic E-state index is 4.05. The van der Waals surface area contributed by atoms with Crippen molar-refractivity contribution >= 4 is 0 Å². The lowest BCUT2D eigenvalue weighted by atomic mass is 9.77. The van der Waals surface area contributed by atoms with Crippen molar-refractivity contribution in [2.24, 2.45) is 0 Å². The van der Waals surface area contributed by atoms with Gasteiger partial charge in [0, 0.05) is 24.4 Å². The molecule has 0 spiro atoms. The van der Waals surface area contributed by atoms with Crippen LogP contribution in [-0.4, -0.2) is 18.1 Å². The fourth-order valence-corrected chi connectivity index (χ4v) is 2.06. The highest BCUT2D eigenvalue weighted by molar-refractivity contribution is 5.22. The van der Waals surface area contributed by atoms with Crippen LogP contribution in [0.5, 0.6) is 0 Å². The zero-order chi connectivity index (χ0) is 9.15. The van der Waals surface area contributed by atoms with E-state index in [9.17, 15) is 0 Å². The molecular formula is C11H16N2. The Balaban J connectivity index is 2.23. The normalized spacial score (nSPS) is 28.7. The van der Waals surface area contributed by atoms with Crippen LogP contribution in [0.1, 0.15) is 25.3 Å². The average molecular weight is 176 g/mol. The number of piperidine rings is 1. The van der Waals surface area contributed by atoms with E-state index >= 15 is 0 Å². The Labute approximate surface area is 79.4 Å². The molecule has 13 heavy (non-hydrogen) atoms. The van der Waals surface area contributed by atoms with Gasteiger partial charge in [0.05, 0.1) is 0 Å². The van der Waals surface area contributed by atoms with Crippen LogP contribution in [0.4, 0.5) is 0 Å². The van der Waals surface area contributed by atoms with Crippen LogP contribution in [0.15, 0.2) is 24.5 Å². The van der Waals surface area contributed by atoms with Gasteiger partial charge >= 0.3 is 0 Å². The fraction of sp³-hybridized carbons (Fsp3) is 0.545. The van der Waals surface area contributed by atoms with E-state index in [2.05, 4.69) is 29.4 Å². The van der Waals surface area contributed by atoms with Crippen molar-refractivity contribution in [2.75, 3.05) is 13.1 Å². The number of pyridine rings is 1. The summed E-state index contributed by atoms with van der Waals surface area (Å²) in [6.07, 6.45) is 6.33. The molecule has 1 aromatic heterocycles. The molecule has 1 aliphatic heterocycles. The van der Waals surface area contributed by atoms with Crippen molar-refractivity contribution in [3.8, 4) is 0 Å². The predicted octanol–water partition coefficient (Wildman–Crippen LogP) is 1.72. The van der Waals surface area contributed by atoms with Crippen LogP contribution in [0.2, 0.25) is 0 Å². The molecular weight excluding hydrogens is 160 g/mol. The van der Waals surface area contributed by atoms with Crippen molar-refractivity contribution in [1.29, 1.82) is 0 Å². The summed E-state index contributed by atoms with van der Waals surface area (Å²) in [5.74, 6) is 0. The van der Waals surface area contributed by atoms with Crippen molar-refractivity contribution in [1.82, 2.24) is 10.3 Å². The molecule has 1 fully saturated rings. The quantitative estimate of drug-likeness (QED) is 0.704. The molecule has 2 rings (SSSR count). The number of hydrogen-bond donors (Lipinski definition) is 1. The highest BCUT2D eigenvalue weighted by Gasteiger charge is 2.28. The molecule has 2 heterocycles. The molecule has 1 unspecified atom stereocenters. The van der Waals surface area contributed by atoms with Crippen LogP contribution < -0.4 is 5.32 Å². The van der Waals surface area contributed by atoms with E-state index in [1.807, 2.05) is 12.4 Å².